The third-order valence-corrected chi connectivity index (χ3v) is 3.19. The largest absolute Gasteiger partial charge is 0.497 e. The third kappa shape index (κ3) is 4.95. The number of ether oxygens (including phenoxy) is 2. The summed E-state index contributed by atoms with van der Waals surface area (Å²) in [6.07, 6.45) is 0. The van der Waals surface area contributed by atoms with Gasteiger partial charge in [-0.25, -0.2) is 9.78 Å². The maximum Gasteiger partial charge on any atom is 0.338 e. The van der Waals surface area contributed by atoms with E-state index in [9.17, 15) is 14.7 Å². The second-order valence-corrected chi connectivity index (χ2v) is 6.18. The highest BCUT2D eigenvalue weighted by molar-refractivity contribution is 6.02. The molecule has 0 atom stereocenters. The number of imidazole rings is 1. The summed E-state index contributed by atoms with van der Waals surface area (Å²) >= 11 is 0. The van der Waals surface area contributed by atoms with Crippen molar-refractivity contribution in [1.82, 2.24) is 9.55 Å². The van der Waals surface area contributed by atoms with E-state index in [0.717, 1.165) is 0 Å². The number of aromatic nitrogens is 2. The second-order valence-electron chi connectivity index (χ2n) is 6.18. The van der Waals surface area contributed by atoms with E-state index in [2.05, 4.69) is 4.98 Å². The third-order valence-electron chi connectivity index (χ3n) is 3.19. The number of carbonyl (C=O) groups excluding carboxylic acids is 1. The first kappa shape index (κ1) is 20.5. The smallest absolute Gasteiger partial charge is 0.338 e. The molecule has 1 N–H and O–H groups in total. The molecule has 0 aliphatic carbocycles. The number of aromatic carboxylic acids is 1. The molecule has 0 unspecified atom stereocenters. The molecule has 0 saturated heterocycles. The summed E-state index contributed by atoms with van der Waals surface area (Å²) in [4.78, 5) is 27.8. The molecule has 7 heteroatoms. The second kappa shape index (κ2) is 8.00. The van der Waals surface area contributed by atoms with Crippen LogP contribution >= 0.6 is 0 Å². The molecule has 0 aliphatic heterocycles. The predicted octanol–water partition coefficient (Wildman–Crippen LogP) is 3.42. The molecule has 1 aromatic carbocycles. The Bertz CT molecular complexity index is 772. The lowest BCUT2D eigenvalue weighted by molar-refractivity contribution is -0.155. The molecular weight excluding hydrogens is 324 g/mol. The number of methoxy groups -OCH3 is 1. The monoisotopic (exact) mass is 350 g/mol. The first-order valence-electron chi connectivity index (χ1n) is 8.12. The van der Waals surface area contributed by atoms with E-state index in [1.165, 1.54) is 13.2 Å². The van der Waals surface area contributed by atoms with Crippen LogP contribution in [0.4, 0.5) is 0 Å². The van der Waals surface area contributed by atoms with Crippen molar-refractivity contribution in [1.29, 1.82) is 0 Å². The number of fused-ring (bicyclic) bond motifs is 1. The summed E-state index contributed by atoms with van der Waals surface area (Å²) < 4.78 is 12.1. The van der Waals surface area contributed by atoms with E-state index in [1.807, 2.05) is 13.8 Å². The fourth-order valence-corrected chi connectivity index (χ4v) is 2.30. The van der Waals surface area contributed by atoms with Crippen molar-refractivity contribution in [2.24, 2.45) is 0 Å². The number of hydrogen-bond acceptors (Lipinski definition) is 5. The van der Waals surface area contributed by atoms with Gasteiger partial charge in [0.2, 0.25) is 0 Å². The Morgan fingerprint density at radius 2 is 1.84 bits per heavy atom. The highest BCUT2D eigenvalue weighted by atomic mass is 16.6. The van der Waals surface area contributed by atoms with Crippen LogP contribution in [0, 0.1) is 6.92 Å². The Labute approximate surface area is 147 Å². The summed E-state index contributed by atoms with van der Waals surface area (Å²) in [5.41, 5.74) is 0.278. The Balaban J connectivity index is 0.00000151. The van der Waals surface area contributed by atoms with Gasteiger partial charge in [0, 0.05) is 6.07 Å². The summed E-state index contributed by atoms with van der Waals surface area (Å²) in [5.74, 6) is -0.600. The zero-order valence-electron chi connectivity index (χ0n) is 15.8. The quantitative estimate of drug-likeness (QED) is 0.850. The van der Waals surface area contributed by atoms with Gasteiger partial charge < -0.3 is 19.1 Å². The minimum absolute atomic E-state index is 0.0328. The number of carbonyl (C=O) groups is 2. The van der Waals surface area contributed by atoms with Gasteiger partial charge in [-0.05, 0) is 33.8 Å². The van der Waals surface area contributed by atoms with Crippen LogP contribution in [0.25, 0.3) is 11.0 Å². The highest BCUT2D eigenvalue weighted by Gasteiger charge is 2.21. The van der Waals surface area contributed by atoms with Crippen LogP contribution in [0.3, 0.4) is 0 Å². The minimum atomic E-state index is -1.10. The number of aryl methyl sites for hydroxylation is 1. The molecule has 2 aromatic rings. The zero-order chi connectivity index (χ0) is 19.4. The molecule has 0 spiro atoms. The van der Waals surface area contributed by atoms with Crippen molar-refractivity contribution in [3.05, 3.63) is 23.5 Å². The van der Waals surface area contributed by atoms with Crippen LogP contribution in [0.15, 0.2) is 12.1 Å². The van der Waals surface area contributed by atoms with Gasteiger partial charge in [-0.1, -0.05) is 13.8 Å². The van der Waals surface area contributed by atoms with E-state index in [-0.39, 0.29) is 12.1 Å². The van der Waals surface area contributed by atoms with E-state index >= 15 is 0 Å². The topological polar surface area (TPSA) is 90.6 Å². The molecule has 138 valence electrons. The van der Waals surface area contributed by atoms with Gasteiger partial charge in [-0.3, -0.25) is 4.79 Å². The van der Waals surface area contributed by atoms with Crippen molar-refractivity contribution in [3.63, 3.8) is 0 Å². The standard InChI is InChI=1S/C16H20N2O5.C2H6/c1-9-17-14-11(15(20)21)6-10(22-5)7-12(14)18(9)8-13(19)23-16(2,3)4;1-2/h6-7H,8H2,1-5H3,(H,20,21);1-2H3. The molecule has 25 heavy (non-hydrogen) atoms. The lowest BCUT2D eigenvalue weighted by Gasteiger charge is -2.20. The molecule has 0 fully saturated rings. The number of carboxylic acids is 1. The first-order chi connectivity index (χ1) is 11.6. The van der Waals surface area contributed by atoms with Crippen LogP contribution in [0.2, 0.25) is 0 Å². The number of hydrogen-bond donors (Lipinski definition) is 1. The fraction of sp³-hybridized carbons (Fsp3) is 0.500. The van der Waals surface area contributed by atoms with E-state index in [0.29, 0.717) is 22.6 Å². The Morgan fingerprint density at radius 3 is 2.32 bits per heavy atom. The molecule has 0 saturated carbocycles. The van der Waals surface area contributed by atoms with Gasteiger partial charge in [0.05, 0.1) is 18.2 Å². The van der Waals surface area contributed by atoms with Gasteiger partial charge >= 0.3 is 11.9 Å². The highest BCUT2D eigenvalue weighted by Crippen LogP contribution is 2.26. The lowest BCUT2D eigenvalue weighted by Crippen LogP contribution is -2.26. The zero-order valence-corrected chi connectivity index (χ0v) is 15.8. The van der Waals surface area contributed by atoms with Crippen molar-refractivity contribution in [2.75, 3.05) is 7.11 Å². The van der Waals surface area contributed by atoms with Gasteiger partial charge in [0.25, 0.3) is 0 Å². The van der Waals surface area contributed by atoms with Crippen LogP contribution in [-0.2, 0) is 16.1 Å². The van der Waals surface area contributed by atoms with Gasteiger partial charge in [0.1, 0.15) is 29.2 Å². The number of benzene rings is 1. The number of esters is 1. The molecular formula is C18H26N2O5. The van der Waals surface area contributed by atoms with Gasteiger partial charge in [-0.15, -0.1) is 0 Å². The van der Waals surface area contributed by atoms with Crippen LogP contribution in [0.1, 0.15) is 50.8 Å². The van der Waals surface area contributed by atoms with Crippen molar-refractivity contribution >= 4 is 23.0 Å². The Hall–Kier alpha value is -2.57. The fourth-order valence-electron chi connectivity index (χ4n) is 2.30. The minimum Gasteiger partial charge on any atom is -0.497 e. The predicted molar refractivity (Wildman–Crippen MR) is 95.2 cm³/mol. The maximum absolute atomic E-state index is 12.1. The normalized spacial score (nSPS) is 10.8. The summed E-state index contributed by atoms with van der Waals surface area (Å²) in [6, 6.07) is 3.07. The first-order valence-corrected chi connectivity index (χ1v) is 8.12. The average molecular weight is 350 g/mol. The maximum atomic E-state index is 12.1. The van der Waals surface area contributed by atoms with E-state index in [4.69, 9.17) is 9.47 Å². The van der Waals surface area contributed by atoms with Crippen molar-refractivity contribution in [3.8, 4) is 5.75 Å². The average Bonchev–Trinajstić information content (AvgIpc) is 2.82. The van der Waals surface area contributed by atoms with Crippen LogP contribution in [0.5, 0.6) is 5.75 Å². The summed E-state index contributed by atoms with van der Waals surface area (Å²) in [5, 5.41) is 9.34. The molecule has 0 aliphatic rings. The van der Waals surface area contributed by atoms with Crippen LogP contribution in [-0.4, -0.2) is 39.3 Å². The SMILES string of the molecule is CC.COc1cc(C(=O)O)c2nc(C)n(CC(=O)OC(C)(C)C)c2c1. The molecule has 1 aromatic heterocycles. The molecule has 0 radical (unpaired) electrons. The van der Waals surface area contributed by atoms with Crippen molar-refractivity contribution < 1.29 is 24.2 Å². The molecule has 7 nitrogen and oxygen atoms in total. The van der Waals surface area contributed by atoms with Gasteiger partial charge in [0.15, 0.2) is 0 Å². The Morgan fingerprint density at radius 1 is 1.24 bits per heavy atom. The number of rotatable bonds is 4. The Kier molecular flexibility index (Phi) is 6.55. The van der Waals surface area contributed by atoms with E-state index in [1.54, 1.807) is 38.3 Å². The van der Waals surface area contributed by atoms with E-state index < -0.39 is 17.5 Å². The molecule has 2 rings (SSSR count). The molecule has 1 heterocycles. The molecule has 0 amide bonds. The lowest BCUT2D eigenvalue weighted by atomic mass is 10.1. The number of carboxylic acid groups (broad SMARTS) is 1. The number of nitrogens with zero attached hydrogens (tertiary/aromatic N) is 2. The van der Waals surface area contributed by atoms with Crippen molar-refractivity contribution in [2.45, 2.75) is 53.7 Å². The van der Waals surface area contributed by atoms with Crippen LogP contribution < -0.4 is 4.74 Å². The van der Waals surface area contributed by atoms with Gasteiger partial charge in [-0.2, -0.15) is 0 Å². The summed E-state index contributed by atoms with van der Waals surface area (Å²) in [6.45, 7) is 11.0. The molecule has 0 bridgehead atoms. The summed E-state index contributed by atoms with van der Waals surface area (Å²) in [7, 11) is 1.45.